The van der Waals surface area contributed by atoms with Gasteiger partial charge in [0.1, 0.15) is 5.75 Å². The summed E-state index contributed by atoms with van der Waals surface area (Å²) in [7, 11) is -3.77. The Bertz CT molecular complexity index is 1340. The number of sulfonamides is 1. The average molecular weight is 492 g/mol. The molecule has 2 aliphatic rings. The van der Waals surface area contributed by atoms with Crippen LogP contribution in [-0.2, 0) is 25.4 Å². The molecule has 1 N–H and O–H groups in total. The molecule has 0 aliphatic carbocycles. The first-order valence-corrected chi connectivity index (χ1v) is 13.0. The molecule has 2 amide bonds. The summed E-state index contributed by atoms with van der Waals surface area (Å²) < 4.78 is 33.8. The normalized spacial score (nSPS) is 17.6. The summed E-state index contributed by atoms with van der Waals surface area (Å²) in [6.45, 7) is 0.547. The van der Waals surface area contributed by atoms with Crippen LogP contribution < -0.4 is 19.3 Å². The Morgan fingerprint density at radius 1 is 0.971 bits per heavy atom. The number of para-hydroxylation sites is 2. The minimum atomic E-state index is -3.77. The lowest BCUT2D eigenvalue weighted by molar-refractivity contribution is -0.122. The number of fused-ring (bicyclic) bond motifs is 1. The van der Waals surface area contributed by atoms with Gasteiger partial charge in [0, 0.05) is 24.3 Å². The Kier molecular flexibility index (Phi) is 6.17. The average Bonchev–Trinajstić information content (AvgIpc) is 3.30. The first kappa shape index (κ1) is 22.9. The third-order valence-corrected chi connectivity index (χ3v) is 7.79. The Labute approximate surface area is 204 Å². The summed E-state index contributed by atoms with van der Waals surface area (Å²) in [5.41, 5.74) is 2.39. The summed E-state index contributed by atoms with van der Waals surface area (Å²) in [5.74, 6) is -0.219. The van der Waals surface area contributed by atoms with E-state index in [1.165, 1.54) is 4.31 Å². The standard InChI is InChI=1S/C26H25N3O5S/c30-25-11-6-16-28(25)21-14-12-20(13-15-21)27-26(31)24-17-29(22-9-4-5-10-23(22)34-24)35(32,33)18-19-7-2-1-3-8-19/h1-5,7-10,12-15,24H,6,11,16-18H2,(H,27,31)/t24-/m1/s1. The second-order valence-corrected chi connectivity index (χ2v) is 10.4. The van der Waals surface area contributed by atoms with Gasteiger partial charge in [0.15, 0.2) is 6.10 Å². The summed E-state index contributed by atoms with van der Waals surface area (Å²) >= 11 is 0. The van der Waals surface area contributed by atoms with Crippen molar-refractivity contribution < 1.29 is 22.7 Å². The van der Waals surface area contributed by atoms with E-state index in [0.29, 0.717) is 35.7 Å². The number of anilines is 3. The van der Waals surface area contributed by atoms with E-state index in [1.54, 1.807) is 77.7 Å². The van der Waals surface area contributed by atoms with Gasteiger partial charge in [-0.2, -0.15) is 0 Å². The Balaban J connectivity index is 1.34. The van der Waals surface area contributed by atoms with Crippen molar-refractivity contribution in [3.05, 3.63) is 84.4 Å². The van der Waals surface area contributed by atoms with Crippen LogP contribution >= 0.6 is 0 Å². The first-order valence-electron chi connectivity index (χ1n) is 11.4. The molecule has 0 unspecified atom stereocenters. The fraction of sp³-hybridized carbons (Fsp3) is 0.231. The molecule has 2 aliphatic heterocycles. The number of hydrogen-bond donors (Lipinski definition) is 1. The maximum Gasteiger partial charge on any atom is 0.267 e. The quantitative estimate of drug-likeness (QED) is 0.569. The van der Waals surface area contributed by atoms with Crippen molar-refractivity contribution in [3.63, 3.8) is 0 Å². The number of carbonyl (C=O) groups is 2. The Morgan fingerprint density at radius 2 is 1.69 bits per heavy atom. The molecule has 5 rings (SSSR count). The van der Waals surface area contributed by atoms with Crippen LogP contribution in [0.25, 0.3) is 0 Å². The molecule has 8 nitrogen and oxygen atoms in total. The van der Waals surface area contributed by atoms with Crippen LogP contribution in [0.3, 0.4) is 0 Å². The molecule has 180 valence electrons. The highest BCUT2D eigenvalue weighted by Gasteiger charge is 2.36. The summed E-state index contributed by atoms with van der Waals surface area (Å²) in [6.07, 6.45) is 0.347. The zero-order chi connectivity index (χ0) is 24.4. The second kappa shape index (κ2) is 9.42. The minimum absolute atomic E-state index is 0.0906. The predicted molar refractivity (Wildman–Crippen MR) is 134 cm³/mol. The van der Waals surface area contributed by atoms with Crippen molar-refractivity contribution >= 4 is 38.9 Å². The van der Waals surface area contributed by atoms with Crippen molar-refractivity contribution in [2.75, 3.05) is 27.6 Å². The Morgan fingerprint density at radius 3 is 2.40 bits per heavy atom. The molecular formula is C26H25N3O5S. The molecule has 0 radical (unpaired) electrons. The van der Waals surface area contributed by atoms with Gasteiger partial charge in [0.2, 0.25) is 15.9 Å². The maximum atomic E-state index is 13.3. The molecule has 0 aromatic heterocycles. The van der Waals surface area contributed by atoms with Gasteiger partial charge in [-0.15, -0.1) is 0 Å². The van der Waals surface area contributed by atoms with Gasteiger partial charge in [0.25, 0.3) is 5.91 Å². The summed E-state index contributed by atoms with van der Waals surface area (Å²) in [5, 5.41) is 2.80. The number of amides is 2. The number of carbonyl (C=O) groups excluding carboxylic acids is 2. The molecule has 3 aromatic rings. The lowest BCUT2D eigenvalue weighted by Crippen LogP contribution is -2.49. The van der Waals surface area contributed by atoms with E-state index >= 15 is 0 Å². The zero-order valence-electron chi connectivity index (χ0n) is 19.0. The monoisotopic (exact) mass is 491 g/mol. The number of nitrogens with one attached hydrogen (secondary N) is 1. The van der Waals surface area contributed by atoms with Gasteiger partial charge in [-0.3, -0.25) is 13.9 Å². The van der Waals surface area contributed by atoms with Crippen molar-refractivity contribution in [3.8, 4) is 5.75 Å². The van der Waals surface area contributed by atoms with E-state index in [-0.39, 0.29) is 18.2 Å². The fourth-order valence-corrected chi connectivity index (χ4v) is 5.92. The molecule has 35 heavy (non-hydrogen) atoms. The van der Waals surface area contributed by atoms with E-state index in [2.05, 4.69) is 5.32 Å². The molecule has 9 heteroatoms. The van der Waals surface area contributed by atoms with Gasteiger partial charge in [-0.25, -0.2) is 8.42 Å². The van der Waals surface area contributed by atoms with Crippen LogP contribution in [-0.4, -0.2) is 39.4 Å². The maximum absolute atomic E-state index is 13.3. The number of nitrogens with zero attached hydrogens (tertiary/aromatic N) is 2. The van der Waals surface area contributed by atoms with E-state index in [0.717, 1.165) is 12.1 Å². The topological polar surface area (TPSA) is 96.0 Å². The minimum Gasteiger partial charge on any atom is -0.476 e. The van der Waals surface area contributed by atoms with E-state index in [4.69, 9.17) is 4.74 Å². The van der Waals surface area contributed by atoms with E-state index in [9.17, 15) is 18.0 Å². The van der Waals surface area contributed by atoms with Crippen LogP contribution in [0.15, 0.2) is 78.9 Å². The van der Waals surface area contributed by atoms with Gasteiger partial charge in [0.05, 0.1) is 18.0 Å². The van der Waals surface area contributed by atoms with Gasteiger partial charge in [-0.05, 0) is 48.4 Å². The van der Waals surface area contributed by atoms with Crippen LogP contribution in [0.5, 0.6) is 5.75 Å². The van der Waals surface area contributed by atoms with Gasteiger partial charge in [-0.1, -0.05) is 42.5 Å². The molecule has 0 spiro atoms. The van der Waals surface area contributed by atoms with Crippen LogP contribution in [0.2, 0.25) is 0 Å². The molecular weight excluding hydrogens is 466 g/mol. The van der Waals surface area contributed by atoms with Gasteiger partial charge < -0.3 is 15.0 Å². The van der Waals surface area contributed by atoms with E-state index in [1.807, 2.05) is 6.07 Å². The van der Waals surface area contributed by atoms with Crippen molar-refractivity contribution in [2.45, 2.75) is 24.7 Å². The number of rotatable bonds is 6. The highest BCUT2D eigenvalue weighted by atomic mass is 32.2. The molecule has 3 aromatic carbocycles. The van der Waals surface area contributed by atoms with Crippen molar-refractivity contribution in [2.24, 2.45) is 0 Å². The van der Waals surface area contributed by atoms with Gasteiger partial charge >= 0.3 is 0 Å². The van der Waals surface area contributed by atoms with Crippen LogP contribution in [0.4, 0.5) is 17.1 Å². The fourth-order valence-electron chi connectivity index (χ4n) is 4.33. The van der Waals surface area contributed by atoms with Crippen LogP contribution in [0, 0.1) is 0 Å². The van der Waals surface area contributed by atoms with Crippen LogP contribution in [0.1, 0.15) is 18.4 Å². The smallest absolute Gasteiger partial charge is 0.267 e. The highest BCUT2D eigenvalue weighted by molar-refractivity contribution is 7.92. The molecule has 1 saturated heterocycles. The third kappa shape index (κ3) is 4.85. The predicted octanol–water partition coefficient (Wildman–Crippen LogP) is 3.55. The third-order valence-electron chi connectivity index (χ3n) is 6.07. The zero-order valence-corrected chi connectivity index (χ0v) is 19.8. The summed E-state index contributed by atoms with van der Waals surface area (Å²) in [4.78, 5) is 26.8. The number of hydrogen-bond acceptors (Lipinski definition) is 5. The SMILES string of the molecule is O=C(Nc1ccc(N2CCCC2=O)cc1)[C@H]1CN(S(=O)(=O)Cc2ccccc2)c2ccccc2O1. The molecule has 0 saturated carbocycles. The van der Waals surface area contributed by atoms with Crippen molar-refractivity contribution in [1.82, 2.24) is 0 Å². The lowest BCUT2D eigenvalue weighted by atomic mass is 10.2. The lowest BCUT2D eigenvalue weighted by Gasteiger charge is -2.34. The Hall–Kier alpha value is -3.85. The van der Waals surface area contributed by atoms with Crippen molar-refractivity contribution in [1.29, 1.82) is 0 Å². The van der Waals surface area contributed by atoms with E-state index < -0.39 is 22.0 Å². The first-order chi connectivity index (χ1) is 16.9. The molecule has 0 bridgehead atoms. The molecule has 1 fully saturated rings. The number of benzene rings is 3. The second-order valence-electron chi connectivity index (χ2n) is 8.53. The number of ether oxygens (including phenoxy) is 1. The largest absolute Gasteiger partial charge is 0.476 e. The molecule has 1 atom stereocenters. The molecule has 2 heterocycles. The summed E-state index contributed by atoms with van der Waals surface area (Å²) in [6, 6.07) is 22.7. The highest BCUT2D eigenvalue weighted by Crippen LogP contribution is 2.36.